The molecule has 4 rings (SSSR count). The third-order valence-electron chi connectivity index (χ3n) is 5.94. The average Bonchev–Trinajstić information content (AvgIpc) is 3.16. The van der Waals surface area contributed by atoms with E-state index in [1.165, 1.54) is 26.3 Å². The second kappa shape index (κ2) is 6.70. The molecule has 7 heteroatoms. The number of fused-ring (bicyclic) bond motifs is 2. The Morgan fingerprint density at radius 3 is 3.00 bits per heavy atom. The maximum absolute atomic E-state index is 12.7. The molecular formula is C19H24N4O3. The van der Waals surface area contributed by atoms with Crippen molar-refractivity contribution < 1.29 is 14.3 Å². The first-order valence-corrected chi connectivity index (χ1v) is 9.29. The van der Waals surface area contributed by atoms with Gasteiger partial charge in [0.2, 0.25) is 5.91 Å². The van der Waals surface area contributed by atoms with Crippen molar-refractivity contribution in [1.82, 2.24) is 19.9 Å². The molecule has 3 unspecified atom stereocenters. The van der Waals surface area contributed by atoms with Gasteiger partial charge in [-0.15, -0.1) is 0 Å². The summed E-state index contributed by atoms with van der Waals surface area (Å²) < 4.78 is 6.54. The molecule has 2 fully saturated rings. The van der Waals surface area contributed by atoms with E-state index < -0.39 is 0 Å². The van der Waals surface area contributed by atoms with E-state index in [0.717, 1.165) is 35.2 Å². The highest BCUT2D eigenvalue weighted by Crippen LogP contribution is 2.42. The first-order valence-electron chi connectivity index (χ1n) is 9.29. The second-order valence-corrected chi connectivity index (χ2v) is 7.33. The Balaban J connectivity index is 1.72. The Labute approximate surface area is 152 Å². The maximum atomic E-state index is 12.7. The molecule has 3 heterocycles. The third kappa shape index (κ3) is 2.75. The molecule has 0 spiro atoms. The summed E-state index contributed by atoms with van der Waals surface area (Å²) in [5.41, 5.74) is 3.79. The number of carbonyl (C=O) groups is 2. The van der Waals surface area contributed by atoms with Crippen LogP contribution in [0.15, 0.2) is 12.5 Å². The highest BCUT2D eigenvalue weighted by atomic mass is 16.5. The van der Waals surface area contributed by atoms with Gasteiger partial charge in [-0.3, -0.25) is 9.59 Å². The first-order chi connectivity index (χ1) is 12.6. The molecule has 7 nitrogen and oxygen atoms in total. The summed E-state index contributed by atoms with van der Waals surface area (Å²) in [6.45, 7) is 2.01. The van der Waals surface area contributed by atoms with Crippen LogP contribution in [0.25, 0.3) is 5.52 Å². The summed E-state index contributed by atoms with van der Waals surface area (Å²) in [6, 6.07) is 0.269. The number of methoxy groups -OCH3 is 1. The van der Waals surface area contributed by atoms with E-state index in [0.29, 0.717) is 18.8 Å². The Bertz CT molecular complexity index is 860. The van der Waals surface area contributed by atoms with Gasteiger partial charge >= 0.3 is 5.97 Å². The number of aromatic nitrogens is 3. The van der Waals surface area contributed by atoms with Gasteiger partial charge in [-0.25, -0.2) is 9.50 Å². The van der Waals surface area contributed by atoms with Gasteiger partial charge in [0.25, 0.3) is 0 Å². The van der Waals surface area contributed by atoms with Crippen LogP contribution < -0.4 is 5.32 Å². The van der Waals surface area contributed by atoms with E-state index >= 15 is 0 Å². The van der Waals surface area contributed by atoms with Crippen LogP contribution in [0.3, 0.4) is 0 Å². The lowest BCUT2D eigenvalue weighted by atomic mass is 9.78. The largest absolute Gasteiger partial charge is 0.469 e. The zero-order chi connectivity index (χ0) is 18.3. The highest BCUT2D eigenvalue weighted by molar-refractivity contribution is 5.89. The van der Waals surface area contributed by atoms with Gasteiger partial charge < -0.3 is 10.1 Å². The van der Waals surface area contributed by atoms with Gasteiger partial charge in [-0.1, -0.05) is 12.8 Å². The molecule has 1 aliphatic heterocycles. The smallest absolute Gasteiger partial charge is 0.305 e. The van der Waals surface area contributed by atoms with Crippen molar-refractivity contribution in [2.75, 3.05) is 7.11 Å². The Hall–Kier alpha value is -2.44. The van der Waals surface area contributed by atoms with E-state index in [9.17, 15) is 9.59 Å². The van der Waals surface area contributed by atoms with Gasteiger partial charge in [-0.2, -0.15) is 5.10 Å². The van der Waals surface area contributed by atoms with E-state index in [1.54, 1.807) is 4.52 Å². The standard InChI is InChI=1S/C19H24N4O3/c1-11-12(7-8-15(24)26-2)9-23-18(11)17(20-10-21-23)16-13-5-3-4-6-14(13)22-19(16)25/h9-10,13-14,16H,3-8H2,1-2H3,(H,22,25). The SMILES string of the molecule is COC(=O)CCc1cn2ncnc(C3C(=O)NC4CCCCC43)c2c1C. The predicted molar refractivity (Wildman–Crippen MR) is 94.7 cm³/mol. The van der Waals surface area contributed by atoms with Crippen LogP contribution in [0.1, 0.15) is 54.8 Å². The van der Waals surface area contributed by atoms with Crippen molar-refractivity contribution in [3.63, 3.8) is 0 Å². The van der Waals surface area contributed by atoms with E-state index in [1.807, 2.05) is 13.1 Å². The molecule has 0 bridgehead atoms. The molecule has 1 saturated heterocycles. The van der Waals surface area contributed by atoms with Crippen LogP contribution >= 0.6 is 0 Å². The number of esters is 1. The summed E-state index contributed by atoms with van der Waals surface area (Å²) in [4.78, 5) is 28.7. The summed E-state index contributed by atoms with van der Waals surface area (Å²) in [7, 11) is 1.40. The number of rotatable bonds is 4. The lowest BCUT2D eigenvalue weighted by Crippen LogP contribution is -2.31. The number of hydrogen-bond donors (Lipinski definition) is 1. The molecule has 1 aliphatic carbocycles. The molecule has 0 aromatic carbocycles. The minimum atomic E-state index is -0.230. The topological polar surface area (TPSA) is 85.6 Å². The molecule has 3 atom stereocenters. The number of carbonyl (C=O) groups excluding carboxylic acids is 2. The van der Waals surface area contributed by atoms with Crippen molar-refractivity contribution in [3.05, 3.63) is 29.3 Å². The fourth-order valence-corrected chi connectivity index (χ4v) is 4.59. The second-order valence-electron chi connectivity index (χ2n) is 7.33. The van der Waals surface area contributed by atoms with Crippen molar-refractivity contribution in [1.29, 1.82) is 0 Å². The van der Waals surface area contributed by atoms with Gasteiger partial charge in [0.05, 0.1) is 24.2 Å². The van der Waals surface area contributed by atoms with Crippen molar-refractivity contribution in [2.45, 2.75) is 57.4 Å². The van der Waals surface area contributed by atoms with Crippen molar-refractivity contribution in [2.24, 2.45) is 5.92 Å². The molecular weight excluding hydrogens is 332 g/mol. The predicted octanol–water partition coefficient (Wildman–Crippen LogP) is 1.92. The molecule has 0 radical (unpaired) electrons. The van der Waals surface area contributed by atoms with Crippen molar-refractivity contribution in [3.8, 4) is 0 Å². The van der Waals surface area contributed by atoms with Gasteiger partial charge in [0.15, 0.2) is 0 Å². The Morgan fingerprint density at radius 2 is 2.19 bits per heavy atom. The van der Waals surface area contributed by atoms with Crippen LogP contribution in [0.4, 0.5) is 0 Å². The number of hydrogen-bond acceptors (Lipinski definition) is 5. The summed E-state index contributed by atoms with van der Waals surface area (Å²) >= 11 is 0. The number of ether oxygens (including phenoxy) is 1. The summed E-state index contributed by atoms with van der Waals surface area (Å²) in [5.74, 6) is -0.0546. The van der Waals surface area contributed by atoms with Gasteiger partial charge in [0, 0.05) is 18.7 Å². The number of amides is 1. The molecule has 1 amide bonds. The van der Waals surface area contributed by atoms with E-state index in [2.05, 4.69) is 15.4 Å². The fraction of sp³-hybridized carbons (Fsp3) is 0.579. The molecule has 138 valence electrons. The lowest BCUT2D eigenvalue weighted by Gasteiger charge is -2.27. The van der Waals surface area contributed by atoms with Crippen LogP contribution in [0.2, 0.25) is 0 Å². The average molecular weight is 356 g/mol. The minimum absolute atomic E-state index is 0.0826. The maximum Gasteiger partial charge on any atom is 0.305 e. The normalized spacial score (nSPS) is 25.2. The summed E-state index contributed by atoms with van der Waals surface area (Å²) in [6.07, 6.45) is 8.82. The van der Waals surface area contributed by atoms with Crippen LogP contribution in [0.5, 0.6) is 0 Å². The number of aryl methyl sites for hydroxylation is 2. The van der Waals surface area contributed by atoms with Crippen molar-refractivity contribution >= 4 is 17.4 Å². The van der Waals surface area contributed by atoms with Crippen LogP contribution in [-0.2, 0) is 20.7 Å². The Morgan fingerprint density at radius 1 is 1.38 bits per heavy atom. The molecule has 2 aromatic rings. The van der Waals surface area contributed by atoms with Crippen LogP contribution in [-0.4, -0.2) is 39.6 Å². The molecule has 2 aromatic heterocycles. The molecule has 1 saturated carbocycles. The number of nitrogens with one attached hydrogen (secondary N) is 1. The quantitative estimate of drug-likeness (QED) is 0.846. The Kier molecular flexibility index (Phi) is 4.38. The molecule has 26 heavy (non-hydrogen) atoms. The first kappa shape index (κ1) is 17.0. The van der Waals surface area contributed by atoms with Gasteiger partial charge in [0.1, 0.15) is 6.33 Å². The third-order valence-corrected chi connectivity index (χ3v) is 5.94. The van der Waals surface area contributed by atoms with Crippen LogP contribution in [0, 0.1) is 12.8 Å². The van der Waals surface area contributed by atoms with E-state index in [4.69, 9.17) is 4.74 Å². The monoisotopic (exact) mass is 356 g/mol. The highest BCUT2D eigenvalue weighted by Gasteiger charge is 2.45. The minimum Gasteiger partial charge on any atom is -0.469 e. The molecule has 2 aliphatic rings. The summed E-state index contributed by atoms with van der Waals surface area (Å²) in [5, 5.41) is 7.50. The molecule has 1 N–H and O–H groups in total. The van der Waals surface area contributed by atoms with Gasteiger partial charge in [-0.05, 0) is 43.2 Å². The zero-order valence-corrected chi connectivity index (χ0v) is 15.2. The number of nitrogens with zero attached hydrogens (tertiary/aromatic N) is 3. The fourth-order valence-electron chi connectivity index (χ4n) is 4.59. The van der Waals surface area contributed by atoms with E-state index in [-0.39, 0.29) is 23.8 Å². The lowest BCUT2D eigenvalue weighted by molar-refractivity contribution is -0.140. The zero-order valence-electron chi connectivity index (χ0n) is 15.2.